The highest BCUT2D eigenvalue weighted by Gasteiger charge is 2.16. The molecule has 1 N–H and O–H groups in total. The normalized spacial score (nSPS) is 11.1. The molecular weight excluding hydrogens is 380 g/mol. The smallest absolute Gasteiger partial charge is 0.275 e. The molecule has 3 heterocycles. The van der Waals surface area contributed by atoms with Crippen LogP contribution in [0.5, 0.6) is 5.75 Å². The summed E-state index contributed by atoms with van der Waals surface area (Å²) in [5.74, 6) is 0.806. The van der Waals surface area contributed by atoms with Crippen molar-refractivity contribution in [2.24, 2.45) is 7.05 Å². The van der Waals surface area contributed by atoms with E-state index >= 15 is 0 Å². The minimum Gasteiger partial charge on any atom is -0.494 e. The van der Waals surface area contributed by atoms with Crippen LogP contribution < -0.4 is 15.9 Å². The number of ether oxygens (including phenoxy) is 1. The molecule has 4 aromatic rings. The van der Waals surface area contributed by atoms with Gasteiger partial charge in [-0.05, 0) is 37.1 Å². The van der Waals surface area contributed by atoms with E-state index in [0.29, 0.717) is 43.3 Å². The maximum atomic E-state index is 12.8. The number of aromatic nitrogens is 4. The van der Waals surface area contributed by atoms with Crippen LogP contribution in [0.25, 0.3) is 10.9 Å². The molecule has 0 bridgehead atoms. The van der Waals surface area contributed by atoms with E-state index < -0.39 is 0 Å². The molecule has 7 nitrogen and oxygen atoms in total. The summed E-state index contributed by atoms with van der Waals surface area (Å²) in [6.07, 6.45) is 3.61. The summed E-state index contributed by atoms with van der Waals surface area (Å²) in [7, 11) is 1.66. The molecule has 0 aliphatic rings. The standard InChI is InChI=1S/C23H24N4O3/c1-26-23(29)22-19(25-26)16-21(28)27(14-12-17-8-5-6-13-24-17)20(22)11-7-15-30-18-9-3-2-4-10-18/h2-6,8-10,13,16,25H,7,11-12,14-15H2,1H3. The van der Waals surface area contributed by atoms with Crippen molar-refractivity contribution in [3.05, 3.63) is 92.9 Å². The van der Waals surface area contributed by atoms with Gasteiger partial charge in [0, 0.05) is 43.7 Å². The fraction of sp³-hybridized carbons (Fsp3) is 0.261. The van der Waals surface area contributed by atoms with Crippen LogP contribution in [-0.4, -0.2) is 25.9 Å². The Labute approximate surface area is 173 Å². The lowest BCUT2D eigenvalue weighted by Gasteiger charge is -2.14. The summed E-state index contributed by atoms with van der Waals surface area (Å²) in [6.45, 7) is 0.967. The highest BCUT2D eigenvalue weighted by atomic mass is 16.5. The Morgan fingerprint density at radius 3 is 2.60 bits per heavy atom. The van der Waals surface area contributed by atoms with Gasteiger partial charge in [-0.3, -0.25) is 24.4 Å². The number of nitrogens with one attached hydrogen (secondary N) is 1. The number of fused-ring (bicyclic) bond motifs is 1. The van der Waals surface area contributed by atoms with Crippen molar-refractivity contribution in [3.8, 4) is 5.75 Å². The number of aromatic amines is 1. The van der Waals surface area contributed by atoms with Gasteiger partial charge in [0.25, 0.3) is 11.1 Å². The van der Waals surface area contributed by atoms with Gasteiger partial charge >= 0.3 is 0 Å². The molecule has 0 unspecified atom stereocenters. The van der Waals surface area contributed by atoms with E-state index in [1.807, 2.05) is 48.5 Å². The average Bonchev–Trinajstić information content (AvgIpc) is 3.04. The third kappa shape index (κ3) is 4.20. The van der Waals surface area contributed by atoms with Gasteiger partial charge in [0.05, 0.1) is 17.5 Å². The monoisotopic (exact) mass is 404 g/mol. The summed E-state index contributed by atoms with van der Waals surface area (Å²) >= 11 is 0. The van der Waals surface area contributed by atoms with Crippen LogP contribution >= 0.6 is 0 Å². The second-order valence-electron chi connectivity index (χ2n) is 7.18. The van der Waals surface area contributed by atoms with Crippen molar-refractivity contribution < 1.29 is 4.74 Å². The minimum absolute atomic E-state index is 0.126. The number of rotatable bonds is 8. The number of H-pyrrole nitrogens is 1. The number of para-hydroxylation sites is 1. The van der Waals surface area contributed by atoms with E-state index in [4.69, 9.17) is 4.74 Å². The van der Waals surface area contributed by atoms with Crippen LogP contribution in [0.3, 0.4) is 0 Å². The maximum absolute atomic E-state index is 12.8. The van der Waals surface area contributed by atoms with Crippen molar-refractivity contribution >= 4 is 10.9 Å². The molecule has 0 saturated carbocycles. The van der Waals surface area contributed by atoms with Crippen LogP contribution in [0, 0.1) is 0 Å². The van der Waals surface area contributed by atoms with Gasteiger partial charge in [-0.25, -0.2) is 0 Å². The van der Waals surface area contributed by atoms with E-state index in [1.165, 1.54) is 10.7 Å². The molecule has 0 aliphatic heterocycles. The Morgan fingerprint density at radius 1 is 1.03 bits per heavy atom. The number of aryl methyl sites for hydroxylation is 3. The predicted molar refractivity (Wildman–Crippen MR) is 116 cm³/mol. The first-order valence-electron chi connectivity index (χ1n) is 10.0. The molecule has 3 aromatic heterocycles. The Hall–Kier alpha value is -3.61. The van der Waals surface area contributed by atoms with Gasteiger partial charge in [-0.15, -0.1) is 0 Å². The summed E-state index contributed by atoms with van der Waals surface area (Å²) in [5, 5.41) is 3.54. The number of hydrogen-bond donors (Lipinski definition) is 1. The second kappa shape index (κ2) is 8.82. The third-order valence-electron chi connectivity index (χ3n) is 5.11. The van der Waals surface area contributed by atoms with Gasteiger partial charge in [0.15, 0.2) is 0 Å². The molecule has 0 spiro atoms. The molecule has 0 aliphatic carbocycles. The van der Waals surface area contributed by atoms with Gasteiger partial charge in [0.1, 0.15) is 5.75 Å². The highest BCUT2D eigenvalue weighted by molar-refractivity contribution is 5.80. The molecule has 30 heavy (non-hydrogen) atoms. The van der Waals surface area contributed by atoms with Crippen LogP contribution in [0.4, 0.5) is 0 Å². The number of hydrogen-bond acceptors (Lipinski definition) is 4. The molecule has 0 radical (unpaired) electrons. The van der Waals surface area contributed by atoms with E-state index in [1.54, 1.807) is 17.8 Å². The van der Waals surface area contributed by atoms with Gasteiger partial charge in [0.2, 0.25) is 0 Å². The first-order valence-corrected chi connectivity index (χ1v) is 10.0. The van der Waals surface area contributed by atoms with E-state index in [2.05, 4.69) is 10.1 Å². The third-order valence-corrected chi connectivity index (χ3v) is 5.11. The Kier molecular flexibility index (Phi) is 5.79. The summed E-state index contributed by atoms with van der Waals surface area (Å²) in [4.78, 5) is 29.9. The van der Waals surface area contributed by atoms with Crippen molar-refractivity contribution in [1.82, 2.24) is 19.3 Å². The second-order valence-corrected chi connectivity index (χ2v) is 7.18. The summed E-state index contributed by atoms with van der Waals surface area (Å²) in [5.41, 5.74) is 1.96. The largest absolute Gasteiger partial charge is 0.494 e. The highest BCUT2D eigenvalue weighted by Crippen LogP contribution is 2.15. The molecular formula is C23H24N4O3. The number of pyridine rings is 2. The average molecular weight is 404 g/mol. The lowest BCUT2D eigenvalue weighted by atomic mass is 10.1. The van der Waals surface area contributed by atoms with Gasteiger partial charge in [-0.1, -0.05) is 24.3 Å². The summed E-state index contributed by atoms with van der Waals surface area (Å²) < 4.78 is 8.90. The predicted octanol–water partition coefficient (Wildman–Crippen LogP) is 2.68. The molecule has 0 amide bonds. The van der Waals surface area contributed by atoms with Crippen molar-refractivity contribution in [2.45, 2.75) is 25.8 Å². The lowest BCUT2D eigenvalue weighted by Crippen LogP contribution is -2.26. The molecule has 4 rings (SSSR count). The van der Waals surface area contributed by atoms with Crippen LogP contribution in [-0.2, 0) is 26.4 Å². The van der Waals surface area contributed by atoms with E-state index in [0.717, 1.165) is 17.1 Å². The Bertz CT molecular complexity index is 1240. The van der Waals surface area contributed by atoms with Crippen molar-refractivity contribution in [3.63, 3.8) is 0 Å². The molecule has 0 atom stereocenters. The van der Waals surface area contributed by atoms with Crippen LogP contribution in [0.1, 0.15) is 17.8 Å². The zero-order valence-corrected chi connectivity index (χ0v) is 16.9. The molecule has 154 valence electrons. The van der Waals surface area contributed by atoms with Gasteiger partial charge < -0.3 is 9.30 Å². The zero-order chi connectivity index (χ0) is 20.9. The fourth-order valence-electron chi connectivity index (χ4n) is 3.65. The quantitative estimate of drug-likeness (QED) is 0.458. The minimum atomic E-state index is -0.129. The first kappa shape index (κ1) is 19.7. The van der Waals surface area contributed by atoms with Crippen molar-refractivity contribution in [1.29, 1.82) is 0 Å². The molecule has 7 heteroatoms. The number of benzene rings is 1. The lowest BCUT2D eigenvalue weighted by molar-refractivity contribution is 0.309. The molecule has 1 aromatic carbocycles. The first-order chi connectivity index (χ1) is 14.6. The van der Waals surface area contributed by atoms with Crippen LogP contribution in [0.2, 0.25) is 0 Å². The van der Waals surface area contributed by atoms with Crippen LogP contribution in [0.15, 0.2) is 70.4 Å². The maximum Gasteiger partial charge on any atom is 0.275 e. The molecule has 0 fully saturated rings. The van der Waals surface area contributed by atoms with Crippen molar-refractivity contribution in [2.75, 3.05) is 6.61 Å². The van der Waals surface area contributed by atoms with E-state index in [9.17, 15) is 9.59 Å². The zero-order valence-electron chi connectivity index (χ0n) is 16.9. The number of nitrogens with zero attached hydrogens (tertiary/aromatic N) is 3. The SMILES string of the molecule is Cn1[nH]c2cc(=O)n(CCc3ccccn3)c(CCCOc3ccccc3)c2c1=O. The summed E-state index contributed by atoms with van der Waals surface area (Å²) in [6, 6.07) is 16.8. The topological polar surface area (TPSA) is 81.9 Å². The van der Waals surface area contributed by atoms with Gasteiger partial charge in [-0.2, -0.15) is 0 Å². The molecule has 0 saturated heterocycles. The fourth-order valence-corrected chi connectivity index (χ4v) is 3.65. The van der Waals surface area contributed by atoms with E-state index in [-0.39, 0.29) is 11.1 Å². The Balaban J connectivity index is 1.60. The Morgan fingerprint density at radius 2 is 1.83 bits per heavy atom.